The highest BCUT2D eigenvalue weighted by molar-refractivity contribution is 8.00. The molecule has 12 aromatic carbocycles. The lowest BCUT2D eigenvalue weighted by Gasteiger charge is -2.37. The Balaban J connectivity index is 0.000000128. The van der Waals surface area contributed by atoms with Crippen molar-refractivity contribution in [3.63, 3.8) is 0 Å². The van der Waals surface area contributed by atoms with Crippen LogP contribution in [0.25, 0.3) is 66.6 Å². The number of rotatable bonds is 4. The molecule has 0 amide bonds. The van der Waals surface area contributed by atoms with Gasteiger partial charge in [-0.3, -0.25) is 19.9 Å². The molecule has 0 saturated heterocycles. The van der Waals surface area contributed by atoms with Crippen LogP contribution < -0.4 is 29.1 Å². The Kier molecular flexibility index (Phi) is 10.7. The van der Waals surface area contributed by atoms with Gasteiger partial charge in [0.15, 0.2) is 23.0 Å². The summed E-state index contributed by atoms with van der Waals surface area (Å²) in [6, 6.07) is 85.6. The van der Waals surface area contributed by atoms with E-state index >= 15 is 0 Å². The fraction of sp³-hybridized carbons (Fsp3) is 0. The van der Waals surface area contributed by atoms with Crippen LogP contribution in [0.4, 0.5) is 68.2 Å². The van der Waals surface area contributed by atoms with Gasteiger partial charge in [-0.2, -0.15) is 0 Å². The van der Waals surface area contributed by atoms with Gasteiger partial charge in [0.1, 0.15) is 0 Å². The van der Waals surface area contributed by atoms with Crippen LogP contribution in [0.1, 0.15) is 0 Å². The molecule has 0 spiro atoms. The maximum Gasteiger partial charge on any atom is 0.151 e. The molecule has 14 aromatic rings. The van der Waals surface area contributed by atoms with Crippen molar-refractivity contribution in [1.29, 1.82) is 0 Å². The standard InChI is InChI=1S/C38H22N4O2.C38H22N4S2/c2*1-5-13-31-25(9-1)41(26-10-2-6-14-32(26)43-31)29-19-17-23-35-24(38-37(23)39-21-22-40-38)18-20-30(36(29)35)42-27-11-3-7-15-33(27)44-34-16-8-4-12-28(34)42/h2*1-22H. The Morgan fingerprint density at radius 3 is 0.716 bits per heavy atom. The van der Waals surface area contributed by atoms with E-state index in [1.165, 1.54) is 53.1 Å². The summed E-state index contributed by atoms with van der Waals surface area (Å²) < 4.78 is 12.8. The predicted octanol–water partition coefficient (Wildman–Crippen LogP) is 21.6. The smallest absolute Gasteiger partial charge is 0.151 e. The summed E-state index contributed by atoms with van der Waals surface area (Å²) in [4.78, 5) is 33.8. The summed E-state index contributed by atoms with van der Waals surface area (Å²) in [5, 5.41) is 4.61. The van der Waals surface area contributed by atoms with Gasteiger partial charge in [0.05, 0.1) is 91.0 Å². The molecule has 12 heteroatoms. The predicted molar refractivity (Wildman–Crippen MR) is 355 cm³/mol. The fourth-order valence-electron chi connectivity index (χ4n) is 13.8. The molecule has 0 unspecified atom stereocenters. The first kappa shape index (κ1) is 49.1. The molecular formula is C76H44N8O2S2. The van der Waals surface area contributed by atoms with E-state index in [4.69, 9.17) is 29.4 Å². The second kappa shape index (κ2) is 19.2. The van der Waals surface area contributed by atoms with Crippen LogP contribution in [0, 0.1) is 0 Å². The van der Waals surface area contributed by atoms with E-state index in [1.54, 1.807) is 24.8 Å². The summed E-state index contributed by atoms with van der Waals surface area (Å²) in [6.07, 6.45) is 7.14. The third kappa shape index (κ3) is 7.15. The number of hydrogen-bond acceptors (Lipinski definition) is 12. The van der Waals surface area contributed by atoms with Gasteiger partial charge in [-0.05, 0) is 146 Å². The summed E-state index contributed by atoms with van der Waals surface area (Å²) in [7, 11) is 0. The second-order valence-electron chi connectivity index (χ2n) is 22.0. The van der Waals surface area contributed by atoms with Crippen molar-refractivity contribution in [2.75, 3.05) is 19.6 Å². The topological polar surface area (TPSA) is 83.0 Å². The van der Waals surface area contributed by atoms with Crippen molar-refractivity contribution in [3.8, 4) is 68.0 Å². The largest absolute Gasteiger partial charge is 0.453 e. The first-order valence-electron chi connectivity index (χ1n) is 29.2. The second-order valence-corrected chi connectivity index (χ2v) is 24.2. The van der Waals surface area contributed by atoms with Crippen LogP contribution in [-0.2, 0) is 0 Å². The van der Waals surface area contributed by atoms with Gasteiger partial charge < -0.3 is 29.1 Å². The van der Waals surface area contributed by atoms with Crippen molar-refractivity contribution in [1.82, 2.24) is 19.9 Å². The molecule has 2 aliphatic carbocycles. The maximum absolute atomic E-state index is 6.40. The van der Waals surface area contributed by atoms with Crippen LogP contribution in [0.15, 0.2) is 287 Å². The first-order valence-corrected chi connectivity index (χ1v) is 30.8. The zero-order valence-corrected chi connectivity index (χ0v) is 48.2. The molecular weight excluding hydrogens is 1120 g/mol. The number of aromatic nitrogens is 4. The van der Waals surface area contributed by atoms with Gasteiger partial charge >= 0.3 is 0 Å². The van der Waals surface area contributed by atoms with Gasteiger partial charge in [0, 0.05) is 88.2 Å². The minimum absolute atomic E-state index is 0.810. The molecule has 0 saturated carbocycles. The number of benzene rings is 12. The van der Waals surface area contributed by atoms with E-state index in [-0.39, 0.29) is 0 Å². The van der Waals surface area contributed by atoms with Gasteiger partial charge in [-0.25, -0.2) is 0 Å². The zero-order chi connectivity index (χ0) is 57.6. The normalized spacial score (nSPS) is 13.5. The molecule has 6 heterocycles. The van der Waals surface area contributed by atoms with E-state index in [1.807, 2.05) is 72.1 Å². The van der Waals surface area contributed by atoms with E-state index in [0.717, 1.165) is 124 Å². The van der Waals surface area contributed by atoms with Crippen LogP contribution >= 0.6 is 23.5 Å². The van der Waals surface area contributed by atoms with Crippen molar-refractivity contribution in [3.05, 3.63) is 267 Å². The molecule has 0 atom stereocenters. The van der Waals surface area contributed by atoms with Crippen LogP contribution in [0.5, 0.6) is 23.0 Å². The molecule has 0 fully saturated rings. The van der Waals surface area contributed by atoms with Crippen molar-refractivity contribution in [2.45, 2.75) is 19.6 Å². The molecule has 88 heavy (non-hydrogen) atoms. The number of fused-ring (bicyclic) bond motifs is 14. The maximum atomic E-state index is 6.40. The third-order valence-corrected chi connectivity index (χ3v) is 19.6. The summed E-state index contributed by atoms with van der Waals surface area (Å²) in [5.41, 5.74) is 21.1. The quantitative estimate of drug-likeness (QED) is 0.168. The van der Waals surface area contributed by atoms with Crippen LogP contribution in [0.2, 0.25) is 0 Å². The van der Waals surface area contributed by atoms with E-state index < -0.39 is 0 Å². The SMILES string of the molecule is c1ccc2c(c1)Oc1ccccc1N2c1ccc2c3c(ccc(N4c5ccccc5Oc5ccccc54)c13)-c1nccnc1-2.c1ccc2c(c1)Sc1ccccc1N2c1ccc2c3c(ccc(N4c5ccccc5Sc5ccccc54)c13)-c1nccnc1-2. The lowest BCUT2D eigenvalue weighted by molar-refractivity contribution is 0.477. The molecule has 412 valence electrons. The molecule has 6 aliphatic rings. The van der Waals surface area contributed by atoms with Crippen molar-refractivity contribution < 1.29 is 9.47 Å². The van der Waals surface area contributed by atoms with Crippen LogP contribution in [-0.4, -0.2) is 19.9 Å². The monoisotopic (exact) mass is 1160 g/mol. The highest BCUT2D eigenvalue weighted by Crippen LogP contribution is 2.62. The molecule has 4 aliphatic heterocycles. The van der Waals surface area contributed by atoms with E-state index in [0.29, 0.717) is 0 Å². The van der Waals surface area contributed by atoms with Crippen molar-refractivity contribution >= 4 is 113 Å². The van der Waals surface area contributed by atoms with Gasteiger partial charge in [-0.15, -0.1) is 0 Å². The van der Waals surface area contributed by atoms with Crippen molar-refractivity contribution in [2.24, 2.45) is 0 Å². The number of hydrogen-bond donors (Lipinski definition) is 0. The Labute approximate surface area is 514 Å². The van der Waals surface area contributed by atoms with E-state index in [9.17, 15) is 0 Å². The van der Waals surface area contributed by atoms with Gasteiger partial charge in [0.2, 0.25) is 0 Å². The van der Waals surface area contributed by atoms with Gasteiger partial charge in [-0.1, -0.05) is 121 Å². The minimum Gasteiger partial charge on any atom is -0.453 e. The number of anilines is 12. The van der Waals surface area contributed by atoms with Crippen LogP contribution in [0.3, 0.4) is 0 Å². The fourth-order valence-corrected chi connectivity index (χ4v) is 15.9. The molecule has 0 N–H and O–H groups in total. The first-order chi connectivity index (χ1) is 43.7. The summed E-state index contributed by atoms with van der Waals surface area (Å²) in [5.74, 6) is 3.24. The number of ether oxygens (including phenoxy) is 2. The van der Waals surface area contributed by atoms with E-state index in [2.05, 4.69) is 214 Å². The highest BCUT2D eigenvalue weighted by Gasteiger charge is 2.37. The molecule has 10 nitrogen and oxygen atoms in total. The molecule has 2 aromatic heterocycles. The minimum atomic E-state index is 0.810. The lowest BCUT2D eigenvalue weighted by atomic mass is 9.97. The molecule has 0 radical (unpaired) electrons. The van der Waals surface area contributed by atoms with Gasteiger partial charge in [0.25, 0.3) is 0 Å². The lowest BCUT2D eigenvalue weighted by Crippen LogP contribution is -2.19. The Morgan fingerprint density at radius 2 is 0.443 bits per heavy atom. The zero-order valence-electron chi connectivity index (χ0n) is 46.6. The average Bonchev–Trinajstić information content (AvgIpc) is 1.48. The Hall–Kier alpha value is -11.2. The highest BCUT2D eigenvalue weighted by atomic mass is 32.2. The molecule has 0 bridgehead atoms. The summed E-state index contributed by atoms with van der Waals surface area (Å²) in [6.45, 7) is 0. The number of para-hydroxylation sites is 12. The third-order valence-electron chi connectivity index (χ3n) is 17.3. The number of nitrogens with zero attached hydrogens (tertiary/aromatic N) is 8. The molecule has 20 rings (SSSR count). The summed E-state index contributed by atoms with van der Waals surface area (Å²) >= 11 is 3.67. The Bertz CT molecular complexity index is 4500. The Morgan fingerprint density at radius 1 is 0.216 bits per heavy atom. The average molecular weight is 1170 g/mol.